The average Bonchev–Trinajstić information content (AvgIpc) is 0.762. The summed E-state index contributed by atoms with van der Waals surface area (Å²) in [4.78, 5) is 89.1. The number of carbonyl (C=O) groups excluding carboxylic acids is 5. The molecule has 0 saturated carbocycles. The number of hydrogen-bond donors (Lipinski definition) is 28. The monoisotopic (exact) mass is 1540 g/mol. The molecule has 5 amide bonds. The molecular weight excluding hydrogens is 1440 g/mol. The maximum Gasteiger partial charge on any atom is 0.364 e. The fourth-order valence-corrected chi connectivity index (χ4v) is 12.9. The number of carboxylic acid groups (broad SMARTS) is 2. The van der Waals surface area contributed by atoms with Crippen LogP contribution in [0.4, 0.5) is 0 Å². The number of ether oxygens (including phenoxy) is 12. The Bertz CT molecular complexity index is 2850. The van der Waals surface area contributed by atoms with Crippen molar-refractivity contribution in [2.45, 2.75) is 267 Å². The van der Waals surface area contributed by atoms with Crippen LogP contribution in [0.3, 0.4) is 0 Å². The van der Waals surface area contributed by atoms with E-state index in [2.05, 4.69) is 26.6 Å². The number of hydrogen-bond acceptors (Lipinski definition) is 40. The van der Waals surface area contributed by atoms with E-state index in [9.17, 15) is 151 Å². The summed E-state index contributed by atoms with van der Waals surface area (Å²) in [5.74, 6) is -15.5. The van der Waals surface area contributed by atoms with Gasteiger partial charge in [0.15, 0.2) is 25.2 Å². The van der Waals surface area contributed by atoms with Crippen LogP contribution in [0.2, 0.25) is 0 Å². The zero-order chi connectivity index (χ0) is 78.8. The topological polar surface area (TPSA) is 756 Å². The summed E-state index contributed by atoms with van der Waals surface area (Å²) < 4.78 is 69.4. The maximum absolute atomic E-state index is 13.2. The molecule has 6 heterocycles. The van der Waals surface area contributed by atoms with E-state index in [1.165, 1.54) is 0 Å². The highest BCUT2D eigenvalue weighted by Gasteiger charge is 2.63. The van der Waals surface area contributed by atoms with Crippen LogP contribution in [0.1, 0.15) is 47.5 Å². The molecule has 0 spiro atoms. The fraction of sp³-hybridized carbons (Fsp3) is 0.879. The molecule has 6 rings (SSSR count). The minimum atomic E-state index is -3.29. The lowest BCUT2D eigenvalue weighted by Crippen LogP contribution is -2.71. The number of rotatable bonds is 34. The minimum Gasteiger partial charge on any atom is -0.477 e. The first kappa shape index (κ1) is 88.9. The van der Waals surface area contributed by atoms with Gasteiger partial charge in [-0.1, -0.05) is 0 Å². The second-order valence-electron chi connectivity index (χ2n) is 25.9. The van der Waals surface area contributed by atoms with Gasteiger partial charge in [0, 0.05) is 47.5 Å². The maximum atomic E-state index is 13.2. The Hall–Kier alpha value is -5.03. The van der Waals surface area contributed by atoms with Gasteiger partial charge in [-0.15, -0.1) is 0 Å². The summed E-state index contributed by atoms with van der Waals surface area (Å²) >= 11 is 0. The molecule has 606 valence electrons. The summed E-state index contributed by atoms with van der Waals surface area (Å²) in [5, 5.41) is 264. The van der Waals surface area contributed by atoms with Crippen LogP contribution in [-0.4, -0.2) is 431 Å². The number of carboxylic acids is 2. The molecule has 0 unspecified atom stereocenters. The van der Waals surface area contributed by atoms with E-state index in [-0.39, 0.29) is 0 Å². The van der Waals surface area contributed by atoms with Gasteiger partial charge >= 0.3 is 11.9 Å². The van der Waals surface area contributed by atoms with Crippen LogP contribution in [0.15, 0.2) is 0 Å². The Morgan fingerprint density at radius 1 is 0.429 bits per heavy atom. The first-order valence-corrected chi connectivity index (χ1v) is 32.8. The molecule has 0 aromatic heterocycles. The van der Waals surface area contributed by atoms with Crippen molar-refractivity contribution in [3.63, 3.8) is 0 Å². The molecule has 28 N–H and O–H groups in total. The van der Waals surface area contributed by atoms with Gasteiger partial charge in [0.2, 0.25) is 29.5 Å². The number of nitrogens with one attached hydrogen (secondary N) is 5. The van der Waals surface area contributed by atoms with E-state index >= 15 is 0 Å². The normalized spacial score (nSPS) is 40.4. The fourth-order valence-electron chi connectivity index (χ4n) is 12.9. The SMILES string of the molecule is CC(=O)N[C@H]1[C@H](OC[C@@H](O)[C@H](O)[C@H](O[C@@H]2O[C@H](CO)[C@@H](O)[C@H](O[C@@H]3O[C@H](CO)[C@H](O)[C@H](O[C@]4(C(=O)O)C[C@H](O)[C@@H](NC(C)=O)[C@H]([C@H](O)[C@H](O)CO)O4)[C@H]3O)[C@H]2NC(C)=O)[C@H](CO)NC(C)=O)O[C@H](CO)[C@@H](O[C@@H]2O[C@H](CO)[C@H](O)[C@H](O[C@]3(C(=O)O)C[C@H](O)[C@@H](NC(C)=O)[C@H]([C@H](O)[C@H](O)CO)O3)[C@H]2O)[C@@H]1O. The number of aliphatic hydroxyl groups is 21. The van der Waals surface area contributed by atoms with Gasteiger partial charge in [-0.3, -0.25) is 24.0 Å². The highest BCUT2D eigenvalue weighted by molar-refractivity contribution is 5.78. The highest BCUT2D eigenvalue weighted by atomic mass is 16.8. The molecule has 6 aliphatic rings. The molecule has 47 nitrogen and oxygen atoms in total. The number of aliphatic hydroxyl groups excluding tert-OH is 21. The summed E-state index contributed by atoms with van der Waals surface area (Å²) in [6.45, 7) is -4.94. The molecule has 105 heavy (non-hydrogen) atoms. The van der Waals surface area contributed by atoms with Crippen molar-refractivity contribution in [3.05, 3.63) is 0 Å². The van der Waals surface area contributed by atoms with E-state index in [1.807, 2.05) is 0 Å². The minimum absolute atomic E-state index is 0.858. The molecule has 0 radical (unpaired) electrons. The van der Waals surface area contributed by atoms with Gasteiger partial charge in [0.05, 0.1) is 83.2 Å². The van der Waals surface area contributed by atoms with E-state index < -0.39 is 327 Å². The molecule has 6 aliphatic heterocycles. The third-order valence-electron chi connectivity index (χ3n) is 18.1. The summed E-state index contributed by atoms with van der Waals surface area (Å²) in [6.07, 6.45) is -66.5. The Morgan fingerprint density at radius 3 is 1.17 bits per heavy atom. The van der Waals surface area contributed by atoms with E-state index in [1.54, 1.807) is 0 Å². The van der Waals surface area contributed by atoms with Crippen molar-refractivity contribution in [3.8, 4) is 0 Å². The Balaban J connectivity index is 1.26. The predicted octanol–water partition coefficient (Wildman–Crippen LogP) is -17.5. The Kier molecular flexibility index (Phi) is 32.6. The first-order valence-electron chi connectivity index (χ1n) is 32.8. The van der Waals surface area contributed by atoms with Crippen molar-refractivity contribution < 1.29 is 208 Å². The molecule has 0 aliphatic carbocycles. The summed E-state index contributed by atoms with van der Waals surface area (Å²) in [6, 6.07) is -9.28. The second-order valence-corrected chi connectivity index (χ2v) is 25.9. The van der Waals surface area contributed by atoms with Crippen LogP contribution in [0, 0.1) is 0 Å². The lowest BCUT2D eigenvalue weighted by Gasteiger charge is -2.51. The zero-order valence-corrected chi connectivity index (χ0v) is 56.7. The number of aliphatic carboxylic acids is 2. The molecule has 0 bridgehead atoms. The molecule has 6 fully saturated rings. The van der Waals surface area contributed by atoms with Gasteiger partial charge in [-0.25, -0.2) is 9.59 Å². The lowest BCUT2D eigenvalue weighted by atomic mass is 9.88. The van der Waals surface area contributed by atoms with Gasteiger partial charge in [0.25, 0.3) is 11.6 Å². The van der Waals surface area contributed by atoms with E-state index in [0.717, 1.165) is 34.6 Å². The van der Waals surface area contributed by atoms with Crippen LogP contribution in [0.5, 0.6) is 0 Å². The lowest BCUT2D eigenvalue weighted by molar-refractivity contribution is -0.383. The quantitative estimate of drug-likeness (QED) is 0.0284. The van der Waals surface area contributed by atoms with Crippen molar-refractivity contribution in [2.75, 3.05) is 52.9 Å². The molecular formula is C58H97N5O42. The van der Waals surface area contributed by atoms with Crippen LogP contribution in [0.25, 0.3) is 0 Å². The van der Waals surface area contributed by atoms with Crippen LogP contribution >= 0.6 is 0 Å². The standard InChI is InChI=1S/C58H97N5O42/c1-16(71)59-21(8-64)44(99-52-34(63-20(5)75)46(38(84)27(11-67)95-52)101-54-43(89)50(40(86)29(13-69)97-54)105-58(56(92)93)7-23(77)32(61-18(3)73)48(103-58)36(82)25(79)10-66)37(83)26(80)15-94-51-33(62-19(4)74)41(87)45(30(14-70)98-51)100-53-42(88)49(39(85)28(12-68)96-53)104-57(55(90)91)6-22(76)31(60-17(2)72)47(102-57)35(81)24(78)9-65/h21-54,64-70,76-89H,6-15H2,1-5H3,(H,59,71)(H,60,72)(H,61,73)(H,62,74)(H,63,75)(H,90,91)(H,92,93)/t21-,22-,23-,24+,25+,26+,27+,28+,29+,30+,31+,32+,33+,34+,35+,36+,37-,38+,39-,40-,41+,42+,43+,44+,45+,46+,47+,48+,49-,50-,51+,52-,53-,54-,57-,58-/m0/s1. The van der Waals surface area contributed by atoms with Crippen molar-refractivity contribution in [1.29, 1.82) is 0 Å². The summed E-state index contributed by atoms with van der Waals surface area (Å²) in [5.41, 5.74) is 0. The Labute approximate surface area is 594 Å². The van der Waals surface area contributed by atoms with Crippen molar-refractivity contribution in [1.82, 2.24) is 26.6 Å². The Morgan fingerprint density at radius 2 is 0.800 bits per heavy atom. The molecule has 47 heteroatoms. The van der Waals surface area contributed by atoms with Gasteiger partial charge < -0.3 is 201 Å². The van der Waals surface area contributed by atoms with E-state index in [0.29, 0.717) is 0 Å². The predicted molar refractivity (Wildman–Crippen MR) is 326 cm³/mol. The number of amides is 5. The van der Waals surface area contributed by atoms with Gasteiger partial charge in [-0.05, 0) is 0 Å². The average molecular weight is 1540 g/mol. The largest absolute Gasteiger partial charge is 0.477 e. The van der Waals surface area contributed by atoms with E-state index in [4.69, 9.17) is 56.8 Å². The smallest absolute Gasteiger partial charge is 0.364 e. The zero-order valence-electron chi connectivity index (χ0n) is 56.7. The molecule has 6 saturated heterocycles. The second kappa shape index (κ2) is 38.6. The molecule has 0 aromatic carbocycles. The molecule has 36 atom stereocenters. The summed E-state index contributed by atoms with van der Waals surface area (Å²) in [7, 11) is 0. The third kappa shape index (κ3) is 20.7. The van der Waals surface area contributed by atoms with Crippen molar-refractivity contribution >= 4 is 41.5 Å². The highest BCUT2D eigenvalue weighted by Crippen LogP contribution is 2.42. The molecule has 0 aromatic rings. The third-order valence-corrected chi connectivity index (χ3v) is 18.1. The number of carbonyl (C=O) groups is 7. The van der Waals surface area contributed by atoms with Crippen LogP contribution < -0.4 is 26.6 Å². The van der Waals surface area contributed by atoms with Gasteiger partial charge in [0.1, 0.15) is 152 Å². The van der Waals surface area contributed by atoms with Gasteiger partial charge in [-0.2, -0.15) is 0 Å². The van der Waals surface area contributed by atoms with Crippen LogP contribution in [-0.2, 0) is 90.4 Å². The van der Waals surface area contributed by atoms with Crippen molar-refractivity contribution in [2.24, 2.45) is 0 Å². The first-order chi connectivity index (χ1) is 49.2.